The zero-order chi connectivity index (χ0) is 23.5. The Morgan fingerprint density at radius 2 is 1.88 bits per heavy atom. The molecule has 0 saturated heterocycles. The van der Waals surface area contributed by atoms with Crippen LogP contribution in [0.25, 0.3) is 22.6 Å². The molecular weight excluding hydrogens is 462 g/mol. The van der Waals surface area contributed by atoms with E-state index in [9.17, 15) is 4.79 Å². The quantitative estimate of drug-likeness (QED) is 0.359. The number of nitrogens with zero attached hydrogens (tertiary/aromatic N) is 1. The van der Waals surface area contributed by atoms with Crippen LogP contribution in [0.5, 0.6) is 11.5 Å². The molecule has 2 N–H and O–H groups in total. The minimum Gasteiger partial charge on any atom is -0.497 e. The van der Waals surface area contributed by atoms with Crippen molar-refractivity contribution in [2.24, 2.45) is 0 Å². The Kier molecular flexibility index (Phi) is 6.48. The van der Waals surface area contributed by atoms with E-state index < -0.39 is 5.91 Å². The van der Waals surface area contributed by atoms with Crippen LogP contribution in [0.1, 0.15) is 15.9 Å². The van der Waals surface area contributed by atoms with Gasteiger partial charge in [0.2, 0.25) is 5.89 Å². The largest absolute Gasteiger partial charge is 0.497 e. The number of aromatic nitrogens is 1. The summed E-state index contributed by atoms with van der Waals surface area (Å²) in [6.07, 6.45) is 0. The molecule has 0 aliphatic carbocycles. The maximum atomic E-state index is 12.7. The molecule has 0 radical (unpaired) electrons. The summed E-state index contributed by atoms with van der Waals surface area (Å²) in [5.74, 6) is 1.12. The lowest BCUT2D eigenvalue weighted by molar-refractivity contribution is 0.0974. The summed E-state index contributed by atoms with van der Waals surface area (Å²) in [6, 6.07) is 15.9. The number of fused-ring (bicyclic) bond motifs is 1. The van der Waals surface area contributed by atoms with E-state index >= 15 is 0 Å². The van der Waals surface area contributed by atoms with Gasteiger partial charge in [-0.25, -0.2) is 4.98 Å². The summed E-state index contributed by atoms with van der Waals surface area (Å²) in [5, 5.41) is 6.26. The number of nitrogens with one attached hydrogen (secondary N) is 2. The fraction of sp³-hybridized carbons (Fsp3) is 0.125. The number of hydrogen-bond donors (Lipinski definition) is 2. The zero-order valence-corrected chi connectivity index (χ0v) is 19.6. The first-order chi connectivity index (χ1) is 15.9. The average Bonchev–Trinajstić information content (AvgIpc) is 3.23. The van der Waals surface area contributed by atoms with E-state index in [0.717, 1.165) is 11.1 Å². The number of hydrogen-bond acceptors (Lipinski definition) is 6. The minimum atomic E-state index is -0.437. The maximum Gasteiger partial charge on any atom is 0.261 e. The van der Waals surface area contributed by atoms with Gasteiger partial charge < -0.3 is 19.2 Å². The lowest BCUT2D eigenvalue weighted by Crippen LogP contribution is -2.34. The number of aryl methyl sites for hydroxylation is 1. The molecule has 1 heterocycles. The van der Waals surface area contributed by atoms with Crippen molar-refractivity contribution >= 4 is 51.6 Å². The fourth-order valence-corrected chi connectivity index (χ4v) is 3.60. The Morgan fingerprint density at radius 3 is 2.64 bits per heavy atom. The molecule has 7 nitrogen and oxygen atoms in total. The second-order valence-corrected chi connectivity index (χ2v) is 7.98. The normalized spacial score (nSPS) is 10.7. The van der Waals surface area contributed by atoms with E-state index in [-0.39, 0.29) is 10.7 Å². The first kappa shape index (κ1) is 22.6. The van der Waals surface area contributed by atoms with E-state index in [1.54, 1.807) is 19.2 Å². The third-order valence-corrected chi connectivity index (χ3v) is 5.40. The van der Waals surface area contributed by atoms with Crippen LogP contribution in [-0.2, 0) is 0 Å². The van der Waals surface area contributed by atoms with Crippen molar-refractivity contribution in [3.8, 4) is 23.0 Å². The molecule has 0 saturated carbocycles. The number of rotatable bonds is 5. The number of ether oxygens (including phenoxy) is 2. The van der Waals surface area contributed by atoms with Crippen LogP contribution >= 0.6 is 23.8 Å². The van der Waals surface area contributed by atoms with Crippen LogP contribution in [0, 0.1) is 6.92 Å². The lowest BCUT2D eigenvalue weighted by Gasteiger charge is -2.14. The van der Waals surface area contributed by atoms with E-state index in [1.807, 2.05) is 43.3 Å². The standard InChI is InChI=1S/C24H20ClN3O4S/c1-13-4-5-14(23-26-19-12-16(30-2)7-9-21(19)32-23)10-18(13)27-24(33)28-22(29)17-11-15(25)6-8-20(17)31-3/h4-12H,1-3H3,(H2,27,28,29,33). The number of thiocarbonyl (C=S) groups is 1. The molecule has 0 atom stereocenters. The summed E-state index contributed by atoms with van der Waals surface area (Å²) in [7, 11) is 3.08. The highest BCUT2D eigenvalue weighted by molar-refractivity contribution is 7.80. The smallest absolute Gasteiger partial charge is 0.261 e. The summed E-state index contributed by atoms with van der Waals surface area (Å²) in [5.41, 5.74) is 4.01. The first-order valence-electron chi connectivity index (χ1n) is 9.89. The molecular formula is C24H20ClN3O4S. The monoisotopic (exact) mass is 481 g/mol. The van der Waals surface area contributed by atoms with Gasteiger partial charge in [-0.3, -0.25) is 10.1 Å². The summed E-state index contributed by atoms with van der Waals surface area (Å²) >= 11 is 11.4. The Bertz CT molecular complexity index is 1370. The molecule has 4 aromatic rings. The number of anilines is 1. The minimum absolute atomic E-state index is 0.129. The molecule has 3 aromatic carbocycles. The van der Waals surface area contributed by atoms with Crippen molar-refractivity contribution in [3.63, 3.8) is 0 Å². The van der Waals surface area contributed by atoms with Crippen LogP contribution in [0.3, 0.4) is 0 Å². The van der Waals surface area contributed by atoms with Crippen molar-refractivity contribution in [2.75, 3.05) is 19.5 Å². The van der Waals surface area contributed by atoms with Gasteiger partial charge in [-0.2, -0.15) is 0 Å². The van der Waals surface area contributed by atoms with Gasteiger partial charge in [0.25, 0.3) is 5.91 Å². The Balaban J connectivity index is 1.54. The maximum absolute atomic E-state index is 12.7. The SMILES string of the molecule is COc1ccc2oc(-c3ccc(C)c(NC(=S)NC(=O)c4cc(Cl)ccc4OC)c3)nc2c1. The summed E-state index contributed by atoms with van der Waals surface area (Å²) < 4.78 is 16.4. The molecule has 1 amide bonds. The second kappa shape index (κ2) is 9.48. The molecule has 168 valence electrons. The highest BCUT2D eigenvalue weighted by Crippen LogP contribution is 2.29. The van der Waals surface area contributed by atoms with Crippen LogP contribution in [0.2, 0.25) is 5.02 Å². The number of methoxy groups -OCH3 is 2. The topological polar surface area (TPSA) is 85.6 Å². The molecule has 9 heteroatoms. The molecule has 0 fully saturated rings. The second-order valence-electron chi connectivity index (χ2n) is 7.14. The van der Waals surface area contributed by atoms with E-state index in [0.29, 0.717) is 39.2 Å². The summed E-state index contributed by atoms with van der Waals surface area (Å²) in [4.78, 5) is 17.2. The number of amides is 1. The fourth-order valence-electron chi connectivity index (χ4n) is 3.23. The Labute approximate surface area is 200 Å². The third-order valence-electron chi connectivity index (χ3n) is 4.96. The molecule has 33 heavy (non-hydrogen) atoms. The number of benzene rings is 3. The number of oxazole rings is 1. The van der Waals surface area contributed by atoms with Crippen LogP contribution in [0.15, 0.2) is 59.0 Å². The van der Waals surface area contributed by atoms with Gasteiger partial charge in [-0.05, 0) is 67.2 Å². The van der Waals surface area contributed by atoms with Gasteiger partial charge in [-0.1, -0.05) is 17.7 Å². The molecule has 0 bridgehead atoms. The van der Waals surface area contributed by atoms with Crippen molar-refractivity contribution in [1.82, 2.24) is 10.3 Å². The van der Waals surface area contributed by atoms with Gasteiger partial charge >= 0.3 is 0 Å². The third kappa shape index (κ3) is 4.92. The molecule has 0 aliphatic heterocycles. The van der Waals surface area contributed by atoms with Crippen LogP contribution in [-0.4, -0.2) is 30.2 Å². The molecule has 1 aromatic heterocycles. The first-order valence-corrected chi connectivity index (χ1v) is 10.7. The van der Waals surface area contributed by atoms with Crippen molar-refractivity contribution in [2.45, 2.75) is 6.92 Å². The van der Waals surface area contributed by atoms with E-state index in [2.05, 4.69) is 15.6 Å². The number of halogens is 1. The average molecular weight is 482 g/mol. The van der Waals surface area contributed by atoms with Gasteiger partial charge in [0.15, 0.2) is 10.7 Å². The van der Waals surface area contributed by atoms with E-state index in [4.69, 9.17) is 37.7 Å². The predicted octanol–water partition coefficient (Wildman–Crippen LogP) is 5.60. The molecule has 0 aliphatic rings. The zero-order valence-electron chi connectivity index (χ0n) is 18.1. The van der Waals surface area contributed by atoms with Gasteiger partial charge in [0.05, 0.1) is 19.8 Å². The van der Waals surface area contributed by atoms with Crippen LogP contribution in [0.4, 0.5) is 5.69 Å². The highest BCUT2D eigenvalue weighted by atomic mass is 35.5. The molecule has 0 spiro atoms. The Morgan fingerprint density at radius 1 is 1.06 bits per heavy atom. The predicted molar refractivity (Wildman–Crippen MR) is 132 cm³/mol. The summed E-state index contributed by atoms with van der Waals surface area (Å²) in [6.45, 7) is 1.92. The highest BCUT2D eigenvalue weighted by Gasteiger charge is 2.16. The number of carbonyl (C=O) groups is 1. The molecule has 4 rings (SSSR count). The Hall–Kier alpha value is -3.62. The van der Waals surface area contributed by atoms with Crippen molar-refractivity contribution in [1.29, 1.82) is 0 Å². The van der Waals surface area contributed by atoms with Gasteiger partial charge in [-0.15, -0.1) is 0 Å². The van der Waals surface area contributed by atoms with Crippen LogP contribution < -0.4 is 20.1 Å². The van der Waals surface area contributed by atoms with Gasteiger partial charge in [0, 0.05) is 22.3 Å². The van der Waals surface area contributed by atoms with Gasteiger partial charge in [0.1, 0.15) is 17.0 Å². The number of carbonyl (C=O) groups excluding carboxylic acids is 1. The lowest BCUT2D eigenvalue weighted by atomic mass is 10.1. The van der Waals surface area contributed by atoms with E-state index in [1.165, 1.54) is 13.2 Å². The van der Waals surface area contributed by atoms with Crippen molar-refractivity contribution in [3.05, 3.63) is 70.7 Å². The van der Waals surface area contributed by atoms with Crippen molar-refractivity contribution < 1.29 is 18.7 Å². The molecule has 0 unspecified atom stereocenters.